The van der Waals surface area contributed by atoms with Crippen LogP contribution in [0.3, 0.4) is 0 Å². The highest BCUT2D eigenvalue weighted by atomic mass is 19.1. The Morgan fingerprint density at radius 3 is 2.76 bits per heavy atom. The largest absolute Gasteiger partial charge is 0.491 e. The molecule has 0 aliphatic carbocycles. The summed E-state index contributed by atoms with van der Waals surface area (Å²) < 4.78 is 24.1. The van der Waals surface area contributed by atoms with Crippen LogP contribution in [0.15, 0.2) is 42.7 Å². The number of ether oxygens (including phenoxy) is 2. The van der Waals surface area contributed by atoms with Crippen molar-refractivity contribution in [1.82, 2.24) is 10.3 Å². The maximum atomic E-state index is 13.4. The van der Waals surface area contributed by atoms with Crippen LogP contribution >= 0.6 is 0 Å². The van der Waals surface area contributed by atoms with Crippen molar-refractivity contribution in [2.24, 2.45) is 0 Å². The smallest absolute Gasteiger partial charge is 0.141 e. The van der Waals surface area contributed by atoms with E-state index in [1.807, 2.05) is 31.3 Å². The molecule has 0 radical (unpaired) electrons. The first kappa shape index (κ1) is 15.4. The number of nitrogens with zero attached hydrogens (tertiary/aromatic N) is 1. The van der Waals surface area contributed by atoms with E-state index in [0.29, 0.717) is 13.2 Å². The molecule has 1 aromatic carbocycles. The molecule has 1 unspecified atom stereocenters. The summed E-state index contributed by atoms with van der Waals surface area (Å²) in [7, 11) is 3.45. The lowest BCUT2D eigenvalue weighted by Crippen LogP contribution is -2.19. The number of hydrogen-bond donors (Lipinski definition) is 1. The van der Waals surface area contributed by atoms with Crippen molar-refractivity contribution in [3.63, 3.8) is 0 Å². The van der Waals surface area contributed by atoms with Crippen LogP contribution in [0.4, 0.5) is 4.39 Å². The van der Waals surface area contributed by atoms with Gasteiger partial charge in [0.05, 0.1) is 18.8 Å². The molecule has 1 heterocycles. The number of hydrogen-bond acceptors (Lipinski definition) is 4. The van der Waals surface area contributed by atoms with Gasteiger partial charge in [-0.25, -0.2) is 4.39 Å². The van der Waals surface area contributed by atoms with Gasteiger partial charge in [-0.05, 0) is 24.7 Å². The molecule has 2 rings (SSSR count). The standard InChI is InChI=1S/C16H19FN2O2/c1-18-16(12-9-13(17)11-19-10-12)14-5-3-4-6-15(14)21-8-7-20-2/h3-6,9-11,16,18H,7-8H2,1-2H3. The van der Waals surface area contributed by atoms with E-state index < -0.39 is 0 Å². The topological polar surface area (TPSA) is 43.4 Å². The van der Waals surface area contributed by atoms with Crippen LogP contribution in [-0.4, -0.2) is 32.4 Å². The Bertz CT molecular complexity index is 578. The van der Waals surface area contributed by atoms with E-state index in [-0.39, 0.29) is 11.9 Å². The summed E-state index contributed by atoms with van der Waals surface area (Å²) in [4.78, 5) is 3.91. The lowest BCUT2D eigenvalue weighted by Gasteiger charge is -2.20. The molecule has 5 heteroatoms. The molecule has 0 bridgehead atoms. The van der Waals surface area contributed by atoms with Gasteiger partial charge in [0.25, 0.3) is 0 Å². The highest BCUT2D eigenvalue weighted by molar-refractivity contribution is 5.41. The predicted octanol–water partition coefficient (Wildman–Crippen LogP) is 2.55. The van der Waals surface area contributed by atoms with Crippen molar-refractivity contribution in [3.05, 3.63) is 59.7 Å². The first-order chi connectivity index (χ1) is 10.3. The zero-order valence-corrected chi connectivity index (χ0v) is 12.2. The number of pyridine rings is 1. The number of nitrogens with one attached hydrogen (secondary N) is 1. The Morgan fingerprint density at radius 1 is 1.24 bits per heavy atom. The van der Waals surface area contributed by atoms with E-state index >= 15 is 0 Å². The summed E-state index contributed by atoms with van der Waals surface area (Å²) in [5.41, 5.74) is 1.68. The molecule has 0 amide bonds. The second kappa shape index (κ2) is 7.71. The van der Waals surface area contributed by atoms with Crippen LogP contribution in [0.5, 0.6) is 5.75 Å². The quantitative estimate of drug-likeness (QED) is 0.796. The second-order valence-electron chi connectivity index (χ2n) is 4.54. The first-order valence-electron chi connectivity index (χ1n) is 6.74. The van der Waals surface area contributed by atoms with Crippen molar-refractivity contribution in [1.29, 1.82) is 0 Å². The number of halogens is 1. The molecule has 2 aromatic rings. The predicted molar refractivity (Wildman–Crippen MR) is 78.9 cm³/mol. The van der Waals surface area contributed by atoms with Crippen molar-refractivity contribution in [2.75, 3.05) is 27.4 Å². The van der Waals surface area contributed by atoms with Gasteiger partial charge >= 0.3 is 0 Å². The maximum Gasteiger partial charge on any atom is 0.141 e. The Balaban J connectivity index is 2.29. The van der Waals surface area contributed by atoms with Crippen LogP contribution in [0.25, 0.3) is 0 Å². The third kappa shape index (κ3) is 4.00. The van der Waals surface area contributed by atoms with E-state index in [9.17, 15) is 4.39 Å². The second-order valence-corrected chi connectivity index (χ2v) is 4.54. The fourth-order valence-corrected chi connectivity index (χ4v) is 2.17. The van der Waals surface area contributed by atoms with Crippen molar-refractivity contribution in [3.8, 4) is 5.75 Å². The van der Waals surface area contributed by atoms with Gasteiger partial charge in [-0.1, -0.05) is 18.2 Å². The van der Waals surface area contributed by atoms with Crippen LogP contribution in [0, 0.1) is 5.82 Å². The van der Waals surface area contributed by atoms with Gasteiger partial charge in [0, 0.05) is 18.9 Å². The SMILES string of the molecule is CNC(c1cncc(F)c1)c1ccccc1OCCOC. The Hall–Kier alpha value is -1.98. The maximum absolute atomic E-state index is 13.4. The average molecular weight is 290 g/mol. The minimum Gasteiger partial charge on any atom is -0.491 e. The minimum absolute atomic E-state index is 0.188. The summed E-state index contributed by atoms with van der Waals surface area (Å²) in [5, 5.41) is 3.17. The summed E-state index contributed by atoms with van der Waals surface area (Å²) >= 11 is 0. The summed E-state index contributed by atoms with van der Waals surface area (Å²) in [6.07, 6.45) is 2.84. The van der Waals surface area contributed by atoms with Crippen molar-refractivity contribution < 1.29 is 13.9 Å². The van der Waals surface area contributed by atoms with E-state index in [4.69, 9.17) is 9.47 Å². The third-order valence-corrected chi connectivity index (χ3v) is 3.12. The molecule has 21 heavy (non-hydrogen) atoms. The third-order valence-electron chi connectivity index (χ3n) is 3.12. The van der Waals surface area contributed by atoms with Gasteiger partial charge in [0.2, 0.25) is 0 Å². The molecule has 0 saturated carbocycles. The Kier molecular flexibility index (Phi) is 5.66. The Morgan fingerprint density at radius 2 is 2.05 bits per heavy atom. The zero-order valence-electron chi connectivity index (χ0n) is 12.2. The molecular formula is C16H19FN2O2. The van der Waals surface area contributed by atoms with Crippen LogP contribution < -0.4 is 10.1 Å². The molecule has 0 aliphatic rings. The molecule has 1 aromatic heterocycles. The summed E-state index contributed by atoms with van der Waals surface area (Å²) in [5.74, 6) is 0.392. The molecule has 1 atom stereocenters. The molecule has 1 N–H and O–H groups in total. The number of benzene rings is 1. The van der Waals surface area contributed by atoms with Crippen LogP contribution in [0.2, 0.25) is 0 Å². The molecule has 4 nitrogen and oxygen atoms in total. The molecule has 0 fully saturated rings. The Labute approximate surface area is 123 Å². The lowest BCUT2D eigenvalue weighted by molar-refractivity contribution is 0.145. The van der Waals surface area contributed by atoms with E-state index in [1.165, 1.54) is 12.3 Å². The van der Waals surface area contributed by atoms with Gasteiger partial charge in [0.1, 0.15) is 18.2 Å². The minimum atomic E-state index is -0.356. The number of para-hydroxylation sites is 1. The fraction of sp³-hybridized carbons (Fsp3) is 0.312. The molecule has 0 saturated heterocycles. The molecule has 0 spiro atoms. The van der Waals surface area contributed by atoms with E-state index in [2.05, 4.69) is 10.3 Å². The van der Waals surface area contributed by atoms with Gasteiger partial charge in [-0.3, -0.25) is 4.98 Å². The van der Waals surface area contributed by atoms with E-state index in [0.717, 1.165) is 16.9 Å². The van der Waals surface area contributed by atoms with Crippen LogP contribution in [0.1, 0.15) is 17.2 Å². The van der Waals surface area contributed by atoms with E-state index in [1.54, 1.807) is 13.3 Å². The average Bonchev–Trinajstić information content (AvgIpc) is 2.50. The fourth-order valence-electron chi connectivity index (χ4n) is 2.17. The summed E-state index contributed by atoms with van der Waals surface area (Å²) in [6, 6.07) is 8.96. The molecule has 0 aliphatic heterocycles. The van der Waals surface area contributed by atoms with Crippen LogP contribution in [-0.2, 0) is 4.74 Å². The van der Waals surface area contributed by atoms with Gasteiger partial charge in [0.15, 0.2) is 0 Å². The first-order valence-corrected chi connectivity index (χ1v) is 6.74. The number of rotatable bonds is 7. The van der Waals surface area contributed by atoms with Gasteiger partial charge in [-0.2, -0.15) is 0 Å². The highest BCUT2D eigenvalue weighted by Gasteiger charge is 2.17. The van der Waals surface area contributed by atoms with Gasteiger partial charge in [-0.15, -0.1) is 0 Å². The van der Waals surface area contributed by atoms with Crippen molar-refractivity contribution >= 4 is 0 Å². The lowest BCUT2D eigenvalue weighted by atomic mass is 9.99. The monoisotopic (exact) mass is 290 g/mol. The highest BCUT2D eigenvalue weighted by Crippen LogP contribution is 2.29. The van der Waals surface area contributed by atoms with Gasteiger partial charge < -0.3 is 14.8 Å². The molecular weight excluding hydrogens is 271 g/mol. The number of methoxy groups -OCH3 is 1. The summed E-state index contributed by atoms with van der Waals surface area (Å²) in [6.45, 7) is 0.978. The normalized spacial score (nSPS) is 12.1. The zero-order chi connectivity index (χ0) is 15.1. The number of aromatic nitrogens is 1. The molecule has 112 valence electrons. The van der Waals surface area contributed by atoms with Crippen molar-refractivity contribution in [2.45, 2.75) is 6.04 Å².